The van der Waals surface area contributed by atoms with Gasteiger partial charge in [-0.3, -0.25) is 4.79 Å². The molecule has 0 atom stereocenters. The van der Waals surface area contributed by atoms with Gasteiger partial charge in [0, 0.05) is 58.1 Å². The smallest absolute Gasteiger partial charge is 0.253 e. The number of para-hydroxylation sites is 1. The van der Waals surface area contributed by atoms with Gasteiger partial charge in [-0.15, -0.1) is 24.0 Å². The summed E-state index contributed by atoms with van der Waals surface area (Å²) in [5.74, 6) is 0.971. The predicted octanol–water partition coefficient (Wildman–Crippen LogP) is 3.29. The molecular weight excluding hydrogens is 489 g/mol. The molecule has 2 aromatic carbocycles. The summed E-state index contributed by atoms with van der Waals surface area (Å²) in [7, 11) is 3.53. The summed E-state index contributed by atoms with van der Waals surface area (Å²) >= 11 is 0. The fourth-order valence-electron chi connectivity index (χ4n) is 3.42. The second-order valence-electron chi connectivity index (χ2n) is 7.38. The van der Waals surface area contributed by atoms with Crippen LogP contribution >= 0.6 is 24.0 Å². The van der Waals surface area contributed by atoms with E-state index >= 15 is 0 Å². The summed E-state index contributed by atoms with van der Waals surface area (Å²) in [5, 5.41) is 3.42. The second kappa shape index (κ2) is 11.8. The van der Waals surface area contributed by atoms with E-state index in [-0.39, 0.29) is 29.9 Å². The lowest BCUT2D eigenvalue weighted by Crippen LogP contribution is -2.52. The number of carbonyl (C=O) groups is 1. The summed E-state index contributed by atoms with van der Waals surface area (Å²) in [6.07, 6.45) is 0. The SMILES string of the molecule is CCNC(=NCc1ccc(C(=O)N(C)C)cc1)N1CCN(c2ccccc2)CC1.I. The fourth-order valence-corrected chi connectivity index (χ4v) is 3.42. The second-order valence-corrected chi connectivity index (χ2v) is 7.38. The Bertz CT molecular complexity index is 815. The lowest BCUT2D eigenvalue weighted by Gasteiger charge is -2.37. The molecule has 1 aliphatic rings. The number of hydrogen-bond acceptors (Lipinski definition) is 3. The highest BCUT2D eigenvalue weighted by Crippen LogP contribution is 2.16. The largest absolute Gasteiger partial charge is 0.368 e. The van der Waals surface area contributed by atoms with Crippen molar-refractivity contribution >= 4 is 41.5 Å². The number of piperazine rings is 1. The maximum Gasteiger partial charge on any atom is 0.253 e. The van der Waals surface area contributed by atoms with E-state index < -0.39 is 0 Å². The minimum Gasteiger partial charge on any atom is -0.368 e. The van der Waals surface area contributed by atoms with Gasteiger partial charge in [-0.25, -0.2) is 4.99 Å². The van der Waals surface area contributed by atoms with Crippen molar-refractivity contribution in [1.29, 1.82) is 0 Å². The van der Waals surface area contributed by atoms with Crippen molar-refractivity contribution in [2.24, 2.45) is 4.99 Å². The highest BCUT2D eigenvalue weighted by molar-refractivity contribution is 14.0. The molecule has 162 valence electrons. The van der Waals surface area contributed by atoms with Crippen LogP contribution in [0.4, 0.5) is 5.69 Å². The number of nitrogens with zero attached hydrogens (tertiary/aromatic N) is 4. The van der Waals surface area contributed by atoms with Crippen LogP contribution in [0.2, 0.25) is 0 Å². The highest BCUT2D eigenvalue weighted by Gasteiger charge is 2.19. The molecule has 0 saturated carbocycles. The van der Waals surface area contributed by atoms with Gasteiger partial charge in [0.25, 0.3) is 5.91 Å². The van der Waals surface area contributed by atoms with E-state index in [0.29, 0.717) is 12.1 Å². The van der Waals surface area contributed by atoms with E-state index in [1.54, 1.807) is 19.0 Å². The van der Waals surface area contributed by atoms with Crippen molar-refractivity contribution < 1.29 is 4.79 Å². The molecule has 2 aromatic rings. The first kappa shape index (κ1) is 24.0. The third kappa shape index (κ3) is 6.35. The Hall–Kier alpha value is -2.29. The number of rotatable bonds is 5. The van der Waals surface area contributed by atoms with Gasteiger partial charge in [-0.1, -0.05) is 30.3 Å². The van der Waals surface area contributed by atoms with Gasteiger partial charge in [-0.2, -0.15) is 0 Å². The van der Waals surface area contributed by atoms with Crippen molar-refractivity contribution in [1.82, 2.24) is 15.1 Å². The van der Waals surface area contributed by atoms with Gasteiger partial charge < -0.3 is 20.0 Å². The third-order valence-corrected chi connectivity index (χ3v) is 5.05. The molecule has 1 heterocycles. The molecule has 30 heavy (non-hydrogen) atoms. The van der Waals surface area contributed by atoms with Gasteiger partial charge in [0.1, 0.15) is 0 Å². The lowest BCUT2D eigenvalue weighted by molar-refractivity contribution is 0.0827. The molecule has 1 aliphatic heterocycles. The zero-order valence-electron chi connectivity index (χ0n) is 18.0. The van der Waals surface area contributed by atoms with Crippen molar-refractivity contribution in [3.63, 3.8) is 0 Å². The lowest BCUT2D eigenvalue weighted by atomic mass is 10.1. The average Bonchev–Trinajstić information content (AvgIpc) is 2.77. The molecular formula is C23H32IN5O. The van der Waals surface area contributed by atoms with Crippen molar-refractivity contribution in [2.75, 3.05) is 51.7 Å². The van der Waals surface area contributed by atoms with Crippen LogP contribution < -0.4 is 10.2 Å². The Morgan fingerprint density at radius 3 is 2.20 bits per heavy atom. The van der Waals surface area contributed by atoms with E-state index in [9.17, 15) is 4.79 Å². The van der Waals surface area contributed by atoms with E-state index in [1.807, 2.05) is 24.3 Å². The number of guanidine groups is 1. The minimum atomic E-state index is 0. The van der Waals surface area contributed by atoms with E-state index in [1.165, 1.54) is 5.69 Å². The molecule has 0 bridgehead atoms. The quantitative estimate of drug-likeness (QED) is 0.373. The third-order valence-electron chi connectivity index (χ3n) is 5.05. The van der Waals surface area contributed by atoms with Gasteiger partial charge in [-0.05, 0) is 36.8 Å². The molecule has 0 spiro atoms. The Morgan fingerprint density at radius 2 is 1.63 bits per heavy atom. The molecule has 1 saturated heterocycles. The normalized spacial score (nSPS) is 14.2. The van der Waals surface area contributed by atoms with Crippen LogP contribution in [0, 0.1) is 0 Å². The number of hydrogen-bond donors (Lipinski definition) is 1. The van der Waals surface area contributed by atoms with Crippen molar-refractivity contribution in [2.45, 2.75) is 13.5 Å². The number of amides is 1. The Morgan fingerprint density at radius 1 is 1.00 bits per heavy atom. The van der Waals surface area contributed by atoms with E-state index in [2.05, 4.69) is 52.4 Å². The Kier molecular flexibility index (Phi) is 9.42. The van der Waals surface area contributed by atoms with Crippen molar-refractivity contribution in [3.8, 4) is 0 Å². The van der Waals surface area contributed by atoms with E-state index in [0.717, 1.165) is 44.2 Å². The standard InChI is InChI=1S/C23H31N5O.HI/c1-4-24-23(25-18-19-10-12-20(13-11-19)22(29)26(2)3)28-16-14-27(15-17-28)21-8-6-5-7-9-21;/h5-13H,4,14-18H2,1-3H3,(H,24,25);1H. The number of anilines is 1. The summed E-state index contributed by atoms with van der Waals surface area (Å²) in [6, 6.07) is 18.3. The number of nitrogens with one attached hydrogen (secondary N) is 1. The minimum absolute atomic E-state index is 0. The van der Waals surface area contributed by atoms with Crippen LogP contribution in [0.5, 0.6) is 0 Å². The fraction of sp³-hybridized carbons (Fsp3) is 0.391. The molecule has 1 N–H and O–H groups in total. The summed E-state index contributed by atoms with van der Waals surface area (Å²) in [6.45, 7) is 7.38. The van der Waals surface area contributed by atoms with Crippen LogP contribution in [0.3, 0.4) is 0 Å². The first-order valence-corrected chi connectivity index (χ1v) is 10.2. The van der Waals surface area contributed by atoms with Crippen molar-refractivity contribution in [3.05, 3.63) is 65.7 Å². The molecule has 0 aliphatic carbocycles. The first-order valence-electron chi connectivity index (χ1n) is 10.2. The summed E-state index contributed by atoms with van der Waals surface area (Å²) in [4.78, 5) is 23.2. The van der Waals surface area contributed by atoms with Crippen LogP contribution in [0.25, 0.3) is 0 Å². The maximum atomic E-state index is 12.0. The number of benzene rings is 2. The molecule has 0 radical (unpaired) electrons. The topological polar surface area (TPSA) is 51.2 Å². The van der Waals surface area contributed by atoms with Crippen LogP contribution in [0.15, 0.2) is 59.6 Å². The molecule has 0 unspecified atom stereocenters. The molecule has 1 amide bonds. The monoisotopic (exact) mass is 521 g/mol. The van der Waals surface area contributed by atoms with Gasteiger partial charge in [0.2, 0.25) is 0 Å². The molecule has 6 nitrogen and oxygen atoms in total. The van der Waals surface area contributed by atoms with Crippen LogP contribution in [-0.2, 0) is 6.54 Å². The summed E-state index contributed by atoms with van der Waals surface area (Å²) < 4.78 is 0. The highest BCUT2D eigenvalue weighted by atomic mass is 127. The molecule has 3 rings (SSSR count). The predicted molar refractivity (Wildman–Crippen MR) is 135 cm³/mol. The van der Waals surface area contributed by atoms with Crippen LogP contribution in [0.1, 0.15) is 22.8 Å². The average molecular weight is 521 g/mol. The molecule has 1 fully saturated rings. The molecule has 7 heteroatoms. The maximum absolute atomic E-state index is 12.0. The van der Waals surface area contributed by atoms with Gasteiger partial charge in [0.05, 0.1) is 6.54 Å². The van der Waals surface area contributed by atoms with Crippen LogP contribution in [-0.4, -0.2) is 68.5 Å². The number of aliphatic imine (C=N–C) groups is 1. The molecule has 0 aromatic heterocycles. The summed E-state index contributed by atoms with van der Waals surface area (Å²) in [5.41, 5.74) is 3.08. The first-order chi connectivity index (χ1) is 14.1. The number of carbonyl (C=O) groups excluding carboxylic acids is 1. The number of halogens is 1. The zero-order valence-corrected chi connectivity index (χ0v) is 20.4. The zero-order chi connectivity index (χ0) is 20.6. The van der Waals surface area contributed by atoms with Gasteiger partial charge in [0.15, 0.2) is 5.96 Å². The Balaban J connectivity index is 0.00000320. The van der Waals surface area contributed by atoms with Gasteiger partial charge >= 0.3 is 0 Å². The van der Waals surface area contributed by atoms with E-state index in [4.69, 9.17) is 4.99 Å². The Labute approximate surface area is 197 Å².